The average molecular weight is 410 g/mol. The molecular formula is C18H18BrClN2O2. The van der Waals surface area contributed by atoms with E-state index < -0.39 is 0 Å². The van der Waals surface area contributed by atoms with Crippen LogP contribution >= 0.6 is 27.5 Å². The fourth-order valence-corrected chi connectivity index (χ4v) is 2.75. The van der Waals surface area contributed by atoms with Crippen molar-refractivity contribution < 1.29 is 9.53 Å². The molecule has 126 valence electrons. The van der Waals surface area contributed by atoms with Crippen molar-refractivity contribution >= 4 is 39.1 Å². The Labute approximate surface area is 155 Å². The highest BCUT2D eigenvalue weighted by Gasteiger charge is 2.10. The Kier molecular flexibility index (Phi) is 6.82. The third-order valence-corrected chi connectivity index (χ3v) is 3.96. The van der Waals surface area contributed by atoms with Crippen molar-refractivity contribution in [1.29, 1.82) is 0 Å². The lowest BCUT2D eigenvalue weighted by Gasteiger charge is -2.11. The Morgan fingerprint density at radius 3 is 2.58 bits per heavy atom. The van der Waals surface area contributed by atoms with E-state index in [4.69, 9.17) is 16.3 Å². The van der Waals surface area contributed by atoms with Crippen LogP contribution in [-0.2, 0) is 4.79 Å². The van der Waals surface area contributed by atoms with Crippen LogP contribution in [0.4, 0.5) is 0 Å². The van der Waals surface area contributed by atoms with Gasteiger partial charge in [-0.3, -0.25) is 4.79 Å². The van der Waals surface area contributed by atoms with Crippen molar-refractivity contribution in [2.24, 2.45) is 11.0 Å². The van der Waals surface area contributed by atoms with Crippen LogP contribution in [0.2, 0.25) is 5.02 Å². The quantitative estimate of drug-likeness (QED) is 0.557. The summed E-state index contributed by atoms with van der Waals surface area (Å²) in [5.74, 6) is 0.281. The van der Waals surface area contributed by atoms with Crippen molar-refractivity contribution in [3.05, 3.63) is 63.6 Å². The molecule has 0 radical (unpaired) electrons. The third-order valence-electron chi connectivity index (χ3n) is 3.17. The molecular weight excluding hydrogens is 392 g/mol. The predicted molar refractivity (Wildman–Crippen MR) is 101 cm³/mol. The topological polar surface area (TPSA) is 50.7 Å². The second-order valence-corrected chi connectivity index (χ2v) is 6.74. The van der Waals surface area contributed by atoms with Crippen LogP contribution in [0.3, 0.4) is 0 Å². The van der Waals surface area contributed by atoms with Gasteiger partial charge >= 0.3 is 0 Å². The molecule has 0 bridgehead atoms. The highest BCUT2D eigenvalue weighted by atomic mass is 79.9. The van der Waals surface area contributed by atoms with Gasteiger partial charge in [-0.25, -0.2) is 5.43 Å². The van der Waals surface area contributed by atoms with Crippen LogP contribution in [0.25, 0.3) is 0 Å². The molecule has 1 N–H and O–H groups in total. The van der Waals surface area contributed by atoms with Gasteiger partial charge in [0.25, 0.3) is 5.91 Å². The summed E-state index contributed by atoms with van der Waals surface area (Å²) in [6.45, 7) is 3.89. The lowest BCUT2D eigenvalue weighted by Crippen LogP contribution is -2.27. The minimum absolute atomic E-state index is 0.162. The molecule has 2 aromatic carbocycles. The van der Waals surface area contributed by atoms with E-state index >= 15 is 0 Å². The summed E-state index contributed by atoms with van der Waals surface area (Å²) in [7, 11) is 0. The fraction of sp³-hybridized carbons (Fsp3) is 0.222. The number of hydrazone groups is 1. The van der Waals surface area contributed by atoms with Gasteiger partial charge in [0, 0.05) is 4.47 Å². The van der Waals surface area contributed by atoms with Gasteiger partial charge in [-0.1, -0.05) is 71.7 Å². The number of hydrogen-bond acceptors (Lipinski definition) is 3. The SMILES string of the molecule is CC(C)/C(=N\NC(=O)COc1ccc(Br)cc1Cl)c1ccccc1. The van der Waals surface area contributed by atoms with Crippen LogP contribution in [0.15, 0.2) is 58.1 Å². The summed E-state index contributed by atoms with van der Waals surface area (Å²) in [6.07, 6.45) is 0. The summed E-state index contributed by atoms with van der Waals surface area (Å²) in [5, 5.41) is 4.68. The average Bonchev–Trinajstić information content (AvgIpc) is 2.55. The van der Waals surface area contributed by atoms with E-state index in [1.807, 2.05) is 44.2 Å². The van der Waals surface area contributed by atoms with E-state index in [-0.39, 0.29) is 18.4 Å². The second-order valence-electron chi connectivity index (χ2n) is 5.42. The number of nitrogens with zero attached hydrogens (tertiary/aromatic N) is 1. The van der Waals surface area contributed by atoms with Crippen molar-refractivity contribution in [2.45, 2.75) is 13.8 Å². The van der Waals surface area contributed by atoms with Gasteiger partial charge < -0.3 is 4.74 Å². The van der Waals surface area contributed by atoms with E-state index in [0.29, 0.717) is 10.8 Å². The smallest absolute Gasteiger partial charge is 0.277 e. The number of carbonyl (C=O) groups is 1. The highest BCUT2D eigenvalue weighted by Crippen LogP contribution is 2.27. The Bertz CT molecular complexity index is 733. The van der Waals surface area contributed by atoms with Gasteiger partial charge in [0.05, 0.1) is 10.7 Å². The molecule has 0 fully saturated rings. The standard InChI is InChI=1S/C18H18BrClN2O2/c1-12(2)18(13-6-4-3-5-7-13)22-21-17(23)11-24-16-9-8-14(19)10-15(16)20/h3-10,12H,11H2,1-2H3,(H,21,23)/b22-18+. The zero-order chi connectivity index (χ0) is 17.5. The molecule has 4 nitrogen and oxygen atoms in total. The lowest BCUT2D eigenvalue weighted by atomic mass is 10.0. The number of nitrogens with one attached hydrogen (secondary N) is 1. The maximum Gasteiger partial charge on any atom is 0.277 e. The first-order valence-electron chi connectivity index (χ1n) is 7.47. The third kappa shape index (κ3) is 5.35. The number of halogens is 2. The van der Waals surface area contributed by atoms with E-state index in [0.717, 1.165) is 15.7 Å². The van der Waals surface area contributed by atoms with Crippen LogP contribution in [0.1, 0.15) is 19.4 Å². The number of carbonyl (C=O) groups excluding carboxylic acids is 1. The molecule has 2 rings (SSSR count). The molecule has 1 amide bonds. The van der Waals surface area contributed by atoms with Gasteiger partial charge in [-0.15, -0.1) is 0 Å². The lowest BCUT2D eigenvalue weighted by molar-refractivity contribution is -0.123. The summed E-state index contributed by atoms with van der Waals surface area (Å²) in [4.78, 5) is 12.0. The number of ether oxygens (including phenoxy) is 1. The van der Waals surface area contributed by atoms with Crippen molar-refractivity contribution in [3.63, 3.8) is 0 Å². The van der Waals surface area contributed by atoms with E-state index in [2.05, 4.69) is 26.5 Å². The molecule has 6 heteroatoms. The van der Waals surface area contributed by atoms with Crippen LogP contribution in [0.5, 0.6) is 5.75 Å². The predicted octanol–water partition coefficient (Wildman–Crippen LogP) is 4.66. The summed E-state index contributed by atoms with van der Waals surface area (Å²) < 4.78 is 6.26. The summed E-state index contributed by atoms with van der Waals surface area (Å²) in [5.41, 5.74) is 4.32. The molecule has 0 unspecified atom stereocenters. The van der Waals surface area contributed by atoms with Gasteiger partial charge in [-0.2, -0.15) is 5.10 Å². The largest absolute Gasteiger partial charge is 0.482 e. The molecule has 2 aromatic rings. The zero-order valence-electron chi connectivity index (χ0n) is 13.4. The molecule has 0 saturated heterocycles. The van der Waals surface area contributed by atoms with E-state index in [1.54, 1.807) is 18.2 Å². The van der Waals surface area contributed by atoms with Crippen molar-refractivity contribution in [3.8, 4) is 5.75 Å². The monoisotopic (exact) mass is 408 g/mol. The molecule has 0 saturated carbocycles. The van der Waals surface area contributed by atoms with E-state index in [1.165, 1.54) is 0 Å². The first-order chi connectivity index (χ1) is 11.5. The molecule has 0 spiro atoms. The summed E-state index contributed by atoms with van der Waals surface area (Å²) in [6, 6.07) is 14.9. The van der Waals surface area contributed by atoms with Gasteiger partial charge in [-0.05, 0) is 29.7 Å². The zero-order valence-corrected chi connectivity index (χ0v) is 15.8. The molecule has 0 heterocycles. The molecule has 0 aliphatic rings. The first kappa shape index (κ1) is 18.5. The molecule has 0 aliphatic carbocycles. The first-order valence-corrected chi connectivity index (χ1v) is 8.64. The summed E-state index contributed by atoms with van der Waals surface area (Å²) >= 11 is 9.36. The Morgan fingerprint density at radius 1 is 1.25 bits per heavy atom. The van der Waals surface area contributed by atoms with Gasteiger partial charge in [0.2, 0.25) is 0 Å². The molecule has 0 aliphatic heterocycles. The maximum absolute atomic E-state index is 12.0. The van der Waals surface area contributed by atoms with Gasteiger partial charge in [0.1, 0.15) is 5.75 Å². The Hall–Kier alpha value is -1.85. The van der Waals surface area contributed by atoms with Gasteiger partial charge in [0.15, 0.2) is 6.61 Å². The van der Waals surface area contributed by atoms with Crippen LogP contribution in [0, 0.1) is 5.92 Å². The van der Waals surface area contributed by atoms with Crippen LogP contribution < -0.4 is 10.2 Å². The van der Waals surface area contributed by atoms with Crippen LogP contribution in [-0.4, -0.2) is 18.2 Å². The number of benzene rings is 2. The molecule has 0 atom stereocenters. The van der Waals surface area contributed by atoms with Crippen molar-refractivity contribution in [1.82, 2.24) is 5.43 Å². The maximum atomic E-state index is 12.0. The molecule has 0 aromatic heterocycles. The fourth-order valence-electron chi connectivity index (χ4n) is 2.03. The second kappa shape index (κ2) is 8.85. The Balaban J connectivity index is 1.98. The number of hydrogen-bond donors (Lipinski definition) is 1. The van der Waals surface area contributed by atoms with Crippen molar-refractivity contribution in [2.75, 3.05) is 6.61 Å². The van der Waals surface area contributed by atoms with E-state index in [9.17, 15) is 4.79 Å². The normalized spacial score (nSPS) is 11.5. The minimum atomic E-state index is -0.344. The highest BCUT2D eigenvalue weighted by molar-refractivity contribution is 9.10. The Morgan fingerprint density at radius 2 is 1.96 bits per heavy atom. The number of rotatable bonds is 6. The number of amides is 1. The minimum Gasteiger partial charge on any atom is -0.482 e. The molecule has 24 heavy (non-hydrogen) atoms.